The molecular weight excluding hydrogens is 315 g/mol. The Balaban J connectivity index is 3.12. The van der Waals surface area contributed by atoms with Crippen molar-refractivity contribution >= 4 is 18.5 Å². The largest absolute Gasteiger partial charge is 0.488 e. The summed E-state index contributed by atoms with van der Waals surface area (Å²) < 4.78 is 23.0. The summed E-state index contributed by atoms with van der Waals surface area (Å²) in [6.45, 7) is 3.00. The van der Waals surface area contributed by atoms with Crippen molar-refractivity contribution < 1.29 is 18.3 Å². The van der Waals surface area contributed by atoms with Crippen molar-refractivity contribution in [1.29, 1.82) is 0 Å². The predicted molar refractivity (Wildman–Crippen MR) is 83.4 cm³/mol. The zero-order valence-electron chi connectivity index (χ0n) is 12.9. The van der Waals surface area contributed by atoms with Gasteiger partial charge in [-0.15, -0.1) is 0 Å². The summed E-state index contributed by atoms with van der Waals surface area (Å²) in [7, 11) is 2.90. The molecule has 0 amide bonds. The van der Waals surface area contributed by atoms with Crippen molar-refractivity contribution in [2.75, 3.05) is 13.7 Å². The fraction of sp³-hybridized carbons (Fsp3) is 0.667. The van der Waals surface area contributed by atoms with Crippen molar-refractivity contribution in [3.63, 3.8) is 0 Å². The van der Waals surface area contributed by atoms with Crippen molar-refractivity contribution in [3.8, 4) is 11.5 Å². The van der Waals surface area contributed by atoms with E-state index in [1.165, 1.54) is 20.4 Å². The van der Waals surface area contributed by atoms with E-state index in [1.807, 2.05) is 20.8 Å². The molecule has 0 radical (unpaired) electrons. The van der Waals surface area contributed by atoms with Crippen molar-refractivity contribution in [2.45, 2.75) is 33.3 Å². The highest BCUT2D eigenvalue weighted by atomic mass is 32.5. The van der Waals surface area contributed by atoms with Gasteiger partial charge in [0.25, 0.3) is 0 Å². The van der Waals surface area contributed by atoms with Crippen LogP contribution in [0.2, 0.25) is 0 Å². The summed E-state index contributed by atoms with van der Waals surface area (Å²) in [5, 5.41) is 3.89. The Labute approximate surface area is 129 Å². The minimum Gasteiger partial charge on any atom is -0.488 e. The summed E-state index contributed by atoms with van der Waals surface area (Å²) in [4.78, 5) is 11.9. The van der Waals surface area contributed by atoms with E-state index in [-0.39, 0.29) is 17.6 Å². The SMILES string of the molecule is CCCOP(=S)(Oc1cnn(C)c(=O)c1OC)OC(C)C. The molecule has 1 aromatic heterocycles. The van der Waals surface area contributed by atoms with E-state index in [4.69, 9.17) is 30.1 Å². The maximum Gasteiger partial charge on any atom is 0.381 e. The first kappa shape index (κ1) is 18.1. The van der Waals surface area contributed by atoms with E-state index in [2.05, 4.69) is 5.10 Å². The summed E-state index contributed by atoms with van der Waals surface area (Å²) >= 11 is 5.36. The Kier molecular flexibility index (Phi) is 6.80. The maximum absolute atomic E-state index is 11.9. The zero-order chi connectivity index (χ0) is 16.0. The van der Waals surface area contributed by atoms with Crippen LogP contribution in [0.5, 0.6) is 11.5 Å². The van der Waals surface area contributed by atoms with Gasteiger partial charge < -0.3 is 9.26 Å². The molecule has 0 aromatic carbocycles. The van der Waals surface area contributed by atoms with Crippen LogP contribution in [0.1, 0.15) is 27.2 Å². The number of nitrogens with zero attached hydrogens (tertiary/aromatic N) is 2. The number of aromatic nitrogens is 2. The molecule has 0 bridgehead atoms. The monoisotopic (exact) mass is 336 g/mol. The predicted octanol–water partition coefficient (Wildman–Crippen LogP) is 2.24. The van der Waals surface area contributed by atoms with Gasteiger partial charge in [0.15, 0.2) is 5.75 Å². The van der Waals surface area contributed by atoms with Gasteiger partial charge >= 0.3 is 12.3 Å². The second-order valence-corrected chi connectivity index (χ2v) is 7.38. The Morgan fingerprint density at radius 2 is 2.14 bits per heavy atom. The fourth-order valence-electron chi connectivity index (χ4n) is 1.42. The Bertz CT molecular complexity index is 575. The Morgan fingerprint density at radius 1 is 1.48 bits per heavy atom. The molecule has 0 N–H and O–H groups in total. The molecule has 1 rings (SSSR count). The highest BCUT2D eigenvalue weighted by molar-refractivity contribution is 8.07. The minimum atomic E-state index is -3.02. The summed E-state index contributed by atoms with van der Waals surface area (Å²) in [6, 6.07) is 0. The topological polar surface area (TPSA) is 71.8 Å². The first-order chi connectivity index (χ1) is 9.83. The molecule has 7 nitrogen and oxygen atoms in total. The molecule has 9 heteroatoms. The van der Waals surface area contributed by atoms with Crippen LogP contribution in [0.25, 0.3) is 0 Å². The van der Waals surface area contributed by atoms with E-state index >= 15 is 0 Å². The van der Waals surface area contributed by atoms with Gasteiger partial charge in [-0.25, -0.2) is 4.68 Å². The lowest BCUT2D eigenvalue weighted by atomic mass is 10.5. The minimum absolute atomic E-state index is 0.0224. The lowest BCUT2D eigenvalue weighted by molar-refractivity contribution is 0.165. The van der Waals surface area contributed by atoms with Gasteiger partial charge in [-0.1, -0.05) is 6.92 Å². The lowest BCUT2D eigenvalue weighted by Crippen LogP contribution is -2.21. The number of hydrogen-bond donors (Lipinski definition) is 0. The third-order valence-corrected chi connectivity index (χ3v) is 4.66. The lowest BCUT2D eigenvalue weighted by Gasteiger charge is -2.24. The molecule has 0 aliphatic rings. The first-order valence-corrected chi connectivity index (χ1v) is 9.11. The van der Waals surface area contributed by atoms with Crippen LogP contribution >= 0.6 is 6.72 Å². The molecule has 0 aliphatic heterocycles. The zero-order valence-corrected chi connectivity index (χ0v) is 14.6. The summed E-state index contributed by atoms with van der Waals surface area (Å²) in [6.07, 6.45) is 1.97. The van der Waals surface area contributed by atoms with E-state index < -0.39 is 12.3 Å². The van der Waals surface area contributed by atoms with E-state index in [0.29, 0.717) is 6.61 Å². The van der Waals surface area contributed by atoms with Gasteiger partial charge in [-0.2, -0.15) is 5.10 Å². The molecule has 0 fully saturated rings. The van der Waals surface area contributed by atoms with Crippen LogP contribution < -0.4 is 14.8 Å². The Hall–Kier alpha value is -0.950. The number of ether oxygens (including phenoxy) is 1. The molecule has 120 valence electrons. The summed E-state index contributed by atoms with van der Waals surface area (Å²) in [5.41, 5.74) is -0.420. The molecule has 0 saturated carbocycles. The normalized spacial score (nSPS) is 14.0. The van der Waals surface area contributed by atoms with E-state index in [0.717, 1.165) is 11.1 Å². The van der Waals surface area contributed by atoms with Crippen molar-refractivity contribution in [1.82, 2.24) is 9.78 Å². The average Bonchev–Trinajstić information content (AvgIpc) is 2.40. The second kappa shape index (κ2) is 7.89. The molecule has 0 spiro atoms. The smallest absolute Gasteiger partial charge is 0.381 e. The highest BCUT2D eigenvalue weighted by Gasteiger charge is 2.27. The third-order valence-electron chi connectivity index (χ3n) is 2.27. The molecule has 0 aliphatic carbocycles. The molecule has 21 heavy (non-hydrogen) atoms. The quantitative estimate of drug-likeness (QED) is 0.674. The average molecular weight is 336 g/mol. The van der Waals surface area contributed by atoms with Crippen molar-refractivity contribution in [3.05, 3.63) is 16.6 Å². The van der Waals surface area contributed by atoms with E-state index in [1.54, 1.807) is 0 Å². The number of methoxy groups -OCH3 is 1. The molecule has 1 heterocycles. The number of rotatable bonds is 8. The van der Waals surface area contributed by atoms with Crippen molar-refractivity contribution in [2.24, 2.45) is 7.05 Å². The first-order valence-electron chi connectivity index (χ1n) is 6.55. The van der Waals surface area contributed by atoms with Gasteiger partial charge in [0, 0.05) is 18.9 Å². The Morgan fingerprint density at radius 3 is 2.67 bits per heavy atom. The number of aryl methyl sites for hydroxylation is 1. The molecule has 1 aromatic rings. The van der Waals surface area contributed by atoms with Gasteiger partial charge in [0.05, 0.1) is 26.0 Å². The van der Waals surface area contributed by atoms with Crippen LogP contribution in [0, 0.1) is 0 Å². The second-order valence-electron chi connectivity index (χ2n) is 4.50. The summed E-state index contributed by atoms with van der Waals surface area (Å²) in [5.74, 6) is 0.148. The van der Waals surface area contributed by atoms with Gasteiger partial charge in [0.1, 0.15) is 0 Å². The number of hydrogen-bond acceptors (Lipinski definition) is 7. The van der Waals surface area contributed by atoms with E-state index in [9.17, 15) is 4.79 Å². The van der Waals surface area contributed by atoms with Crippen LogP contribution in [-0.4, -0.2) is 29.6 Å². The van der Waals surface area contributed by atoms with Gasteiger partial charge in [-0.3, -0.25) is 13.8 Å². The third kappa shape index (κ3) is 5.07. The van der Waals surface area contributed by atoms with Gasteiger partial charge in [-0.05, 0) is 20.3 Å². The molecule has 1 unspecified atom stereocenters. The van der Waals surface area contributed by atoms with Gasteiger partial charge in [0.2, 0.25) is 5.75 Å². The standard InChI is InChI=1S/C12H21N2O5PS/c1-6-7-17-20(21,18-9(2)3)19-10-8-13-14(4)12(15)11(10)16-5/h8-9H,6-7H2,1-5H3. The molecular formula is C12H21N2O5PS. The van der Waals surface area contributed by atoms with Crippen LogP contribution in [-0.2, 0) is 27.9 Å². The highest BCUT2D eigenvalue weighted by Crippen LogP contribution is 2.52. The maximum atomic E-state index is 11.9. The van der Waals surface area contributed by atoms with Crippen LogP contribution in [0.3, 0.4) is 0 Å². The molecule has 0 saturated heterocycles. The molecule has 1 atom stereocenters. The van der Waals surface area contributed by atoms with Crippen LogP contribution in [0.15, 0.2) is 11.0 Å². The fourth-order valence-corrected chi connectivity index (χ4v) is 3.85. The van der Waals surface area contributed by atoms with Crippen LogP contribution in [0.4, 0.5) is 0 Å².